The maximum atomic E-state index is 10.1. The molecule has 1 aromatic carbocycles. The number of nitrogens with zero attached hydrogens (tertiary/aromatic N) is 1. The van der Waals surface area contributed by atoms with Crippen LogP contribution in [-0.4, -0.2) is 17.3 Å². The number of nitriles is 1. The third-order valence-electron chi connectivity index (χ3n) is 3.10. The minimum absolute atomic E-state index is 0.454. The van der Waals surface area contributed by atoms with E-state index in [1.165, 1.54) is 0 Å². The molecule has 1 rings (SSSR count). The zero-order chi connectivity index (χ0) is 12.9. The van der Waals surface area contributed by atoms with Gasteiger partial charge >= 0.3 is 0 Å². The number of nitrogens with two attached hydrogens (primary N) is 1. The normalized spacial score (nSPS) is 10.9. The molecule has 0 aromatic heterocycles. The Kier molecular flexibility index (Phi) is 4.36. The standard InChI is InChI=1S/C13H19N3O/c1-3-13(17,4-2)9-16-12-6-5-10(8-14)7-11(12)15/h5-7,16-17H,3-4,9,15H2,1-2H3. The maximum absolute atomic E-state index is 10.1. The third kappa shape index (κ3) is 3.36. The van der Waals surface area contributed by atoms with Crippen molar-refractivity contribution in [3.05, 3.63) is 23.8 Å². The Morgan fingerprint density at radius 1 is 1.41 bits per heavy atom. The molecule has 0 bridgehead atoms. The van der Waals surface area contributed by atoms with Crippen LogP contribution in [0.15, 0.2) is 18.2 Å². The molecule has 0 unspecified atom stereocenters. The molecule has 4 N–H and O–H groups in total. The van der Waals surface area contributed by atoms with Crippen molar-refractivity contribution in [1.29, 1.82) is 5.26 Å². The molecule has 4 heteroatoms. The average molecular weight is 233 g/mol. The van der Waals surface area contributed by atoms with Crippen molar-refractivity contribution < 1.29 is 5.11 Å². The number of anilines is 2. The topological polar surface area (TPSA) is 82.1 Å². The number of aliphatic hydroxyl groups is 1. The summed E-state index contributed by atoms with van der Waals surface area (Å²) in [4.78, 5) is 0. The van der Waals surface area contributed by atoms with Gasteiger partial charge < -0.3 is 16.2 Å². The Bertz CT molecular complexity index is 419. The molecule has 0 aliphatic rings. The summed E-state index contributed by atoms with van der Waals surface area (Å²) in [6.45, 7) is 4.36. The number of nitrogens with one attached hydrogen (secondary N) is 1. The summed E-state index contributed by atoms with van der Waals surface area (Å²) in [5, 5.41) is 22.0. The molecule has 0 radical (unpaired) electrons. The van der Waals surface area contributed by atoms with E-state index >= 15 is 0 Å². The van der Waals surface area contributed by atoms with Crippen molar-refractivity contribution in [2.45, 2.75) is 32.3 Å². The van der Waals surface area contributed by atoms with E-state index in [4.69, 9.17) is 11.0 Å². The highest BCUT2D eigenvalue weighted by molar-refractivity contribution is 5.68. The molecule has 0 atom stereocenters. The van der Waals surface area contributed by atoms with Gasteiger partial charge in [0, 0.05) is 6.54 Å². The SMILES string of the molecule is CCC(O)(CC)CNc1ccc(C#N)cc1N. The zero-order valence-corrected chi connectivity index (χ0v) is 10.3. The van der Waals surface area contributed by atoms with E-state index in [1.807, 2.05) is 19.9 Å². The Hall–Kier alpha value is -1.73. The fourth-order valence-electron chi connectivity index (χ4n) is 1.55. The molecule has 0 heterocycles. The second-order valence-corrected chi connectivity index (χ2v) is 4.20. The van der Waals surface area contributed by atoms with Gasteiger partial charge in [-0.15, -0.1) is 0 Å². The fourth-order valence-corrected chi connectivity index (χ4v) is 1.55. The van der Waals surface area contributed by atoms with Crippen molar-refractivity contribution in [3.8, 4) is 6.07 Å². The first kappa shape index (κ1) is 13.3. The summed E-state index contributed by atoms with van der Waals surface area (Å²) >= 11 is 0. The minimum atomic E-state index is -0.708. The summed E-state index contributed by atoms with van der Waals surface area (Å²) in [6, 6.07) is 7.12. The lowest BCUT2D eigenvalue weighted by atomic mass is 9.97. The predicted molar refractivity (Wildman–Crippen MR) is 69.6 cm³/mol. The summed E-state index contributed by atoms with van der Waals surface area (Å²) in [6.07, 6.45) is 1.37. The van der Waals surface area contributed by atoms with Crippen LogP contribution in [0.1, 0.15) is 32.3 Å². The van der Waals surface area contributed by atoms with Gasteiger partial charge in [0.1, 0.15) is 0 Å². The smallest absolute Gasteiger partial charge is 0.0992 e. The molecule has 1 aromatic rings. The van der Waals surface area contributed by atoms with Crippen LogP contribution in [0.3, 0.4) is 0 Å². The van der Waals surface area contributed by atoms with E-state index in [9.17, 15) is 5.11 Å². The molecule has 4 nitrogen and oxygen atoms in total. The average Bonchev–Trinajstić information content (AvgIpc) is 2.36. The highest BCUT2D eigenvalue weighted by atomic mass is 16.3. The molecular weight excluding hydrogens is 214 g/mol. The maximum Gasteiger partial charge on any atom is 0.0992 e. The van der Waals surface area contributed by atoms with E-state index in [0.717, 1.165) is 5.69 Å². The van der Waals surface area contributed by atoms with Crippen LogP contribution < -0.4 is 11.1 Å². The highest BCUT2D eigenvalue weighted by Gasteiger charge is 2.21. The second kappa shape index (κ2) is 5.55. The lowest BCUT2D eigenvalue weighted by Crippen LogP contribution is -2.35. The summed E-state index contributed by atoms with van der Waals surface area (Å²) in [7, 11) is 0. The number of benzene rings is 1. The third-order valence-corrected chi connectivity index (χ3v) is 3.10. The van der Waals surface area contributed by atoms with Gasteiger partial charge in [-0.3, -0.25) is 0 Å². The first-order valence-electron chi connectivity index (χ1n) is 5.80. The Balaban J connectivity index is 2.74. The van der Waals surface area contributed by atoms with Gasteiger partial charge in [0.05, 0.1) is 28.6 Å². The van der Waals surface area contributed by atoms with Gasteiger partial charge in [-0.25, -0.2) is 0 Å². The van der Waals surface area contributed by atoms with Crippen LogP contribution in [0.2, 0.25) is 0 Å². The Labute approximate surface area is 102 Å². The lowest BCUT2D eigenvalue weighted by molar-refractivity contribution is 0.0457. The zero-order valence-electron chi connectivity index (χ0n) is 10.3. The largest absolute Gasteiger partial charge is 0.397 e. The molecular formula is C13H19N3O. The van der Waals surface area contributed by atoms with Gasteiger partial charge in [0.2, 0.25) is 0 Å². The summed E-state index contributed by atoms with van der Waals surface area (Å²) < 4.78 is 0. The van der Waals surface area contributed by atoms with Crippen molar-refractivity contribution >= 4 is 11.4 Å². The molecule has 0 aliphatic heterocycles. The van der Waals surface area contributed by atoms with Gasteiger partial charge in [-0.1, -0.05) is 13.8 Å². The van der Waals surface area contributed by atoms with Crippen LogP contribution in [0, 0.1) is 11.3 Å². The monoisotopic (exact) mass is 233 g/mol. The highest BCUT2D eigenvalue weighted by Crippen LogP contribution is 2.22. The Morgan fingerprint density at radius 2 is 2.06 bits per heavy atom. The van der Waals surface area contributed by atoms with Gasteiger partial charge in [0.15, 0.2) is 0 Å². The van der Waals surface area contributed by atoms with Crippen molar-refractivity contribution in [2.75, 3.05) is 17.6 Å². The fraction of sp³-hybridized carbons (Fsp3) is 0.462. The number of rotatable bonds is 5. The number of hydrogen-bond acceptors (Lipinski definition) is 4. The first-order chi connectivity index (χ1) is 8.04. The molecule has 0 aliphatic carbocycles. The van der Waals surface area contributed by atoms with E-state index in [1.54, 1.807) is 18.2 Å². The molecule has 0 amide bonds. The Morgan fingerprint density at radius 3 is 2.53 bits per heavy atom. The van der Waals surface area contributed by atoms with Crippen LogP contribution in [0.25, 0.3) is 0 Å². The number of hydrogen-bond donors (Lipinski definition) is 3. The number of nitrogen functional groups attached to an aromatic ring is 1. The van der Waals surface area contributed by atoms with Gasteiger partial charge in [0.25, 0.3) is 0 Å². The van der Waals surface area contributed by atoms with E-state index in [2.05, 4.69) is 5.32 Å². The van der Waals surface area contributed by atoms with E-state index < -0.39 is 5.60 Å². The summed E-state index contributed by atoms with van der Waals surface area (Å²) in [5.74, 6) is 0. The van der Waals surface area contributed by atoms with E-state index in [0.29, 0.717) is 30.6 Å². The van der Waals surface area contributed by atoms with Gasteiger partial charge in [-0.05, 0) is 31.0 Å². The summed E-state index contributed by atoms with van der Waals surface area (Å²) in [5.41, 5.74) is 6.92. The van der Waals surface area contributed by atoms with Crippen LogP contribution in [0.5, 0.6) is 0 Å². The minimum Gasteiger partial charge on any atom is -0.397 e. The molecule has 0 saturated heterocycles. The van der Waals surface area contributed by atoms with Gasteiger partial charge in [-0.2, -0.15) is 5.26 Å². The van der Waals surface area contributed by atoms with E-state index in [-0.39, 0.29) is 0 Å². The molecule has 17 heavy (non-hydrogen) atoms. The van der Waals surface area contributed by atoms with Crippen LogP contribution in [0.4, 0.5) is 11.4 Å². The van der Waals surface area contributed by atoms with Crippen molar-refractivity contribution in [3.63, 3.8) is 0 Å². The van der Waals surface area contributed by atoms with Crippen LogP contribution in [-0.2, 0) is 0 Å². The molecule has 92 valence electrons. The molecule has 0 fully saturated rings. The van der Waals surface area contributed by atoms with Crippen molar-refractivity contribution in [2.24, 2.45) is 0 Å². The predicted octanol–water partition coefficient (Wildman–Crippen LogP) is 2.10. The first-order valence-corrected chi connectivity index (χ1v) is 5.80. The second-order valence-electron chi connectivity index (χ2n) is 4.20. The molecule has 0 saturated carbocycles. The lowest BCUT2D eigenvalue weighted by Gasteiger charge is -2.26. The van der Waals surface area contributed by atoms with Crippen molar-refractivity contribution in [1.82, 2.24) is 0 Å². The van der Waals surface area contributed by atoms with Crippen LogP contribution >= 0.6 is 0 Å². The quantitative estimate of drug-likeness (QED) is 0.680. The molecule has 0 spiro atoms.